The van der Waals surface area contributed by atoms with Crippen molar-refractivity contribution in [1.82, 2.24) is 19.8 Å². The zero-order valence-electron chi connectivity index (χ0n) is 11.6. The first-order valence-corrected chi connectivity index (χ1v) is 7.78. The van der Waals surface area contributed by atoms with Crippen LogP contribution in [0.1, 0.15) is 0 Å². The summed E-state index contributed by atoms with van der Waals surface area (Å²) in [6.07, 6.45) is 4.96. The van der Waals surface area contributed by atoms with Crippen LogP contribution >= 0.6 is 0 Å². The Morgan fingerprint density at radius 1 is 1.32 bits per heavy atom. The number of hydrogen-bond acceptors (Lipinski definition) is 6. The van der Waals surface area contributed by atoms with Crippen LogP contribution in [-0.4, -0.2) is 77.4 Å². The Morgan fingerprint density at radius 2 is 2.05 bits per heavy atom. The molecule has 120 valence electrons. The smallest absolute Gasteiger partial charge is 0.339 e. The molecule has 3 rings (SSSR count). The van der Waals surface area contributed by atoms with Crippen molar-refractivity contribution in [3.05, 3.63) is 24.2 Å². The predicted molar refractivity (Wildman–Crippen MR) is 71.9 cm³/mol. The van der Waals surface area contributed by atoms with Gasteiger partial charge >= 0.3 is 16.4 Å². The van der Waals surface area contributed by atoms with E-state index in [4.69, 9.17) is 4.55 Å². The Balaban J connectivity index is 1.87. The Hall–Kier alpha value is -2.11. The van der Waals surface area contributed by atoms with Crippen LogP contribution in [0, 0.1) is 0 Å². The molecule has 1 saturated heterocycles. The summed E-state index contributed by atoms with van der Waals surface area (Å²) < 4.78 is 35.0. The molecule has 0 spiro atoms. The molecule has 0 radical (unpaired) electrons. The molecule has 22 heavy (non-hydrogen) atoms. The van der Waals surface area contributed by atoms with Crippen molar-refractivity contribution in [3.8, 4) is 0 Å². The molecule has 0 aromatic rings. The third kappa shape index (κ3) is 2.53. The normalized spacial score (nSPS) is 25.2. The van der Waals surface area contributed by atoms with Gasteiger partial charge in [-0.3, -0.25) is 9.35 Å². The van der Waals surface area contributed by atoms with Crippen LogP contribution in [-0.2, 0) is 19.5 Å². The van der Waals surface area contributed by atoms with Gasteiger partial charge in [-0.25, -0.2) is 4.79 Å². The third-order valence-corrected chi connectivity index (χ3v) is 4.02. The van der Waals surface area contributed by atoms with E-state index in [9.17, 15) is 18.0 Å². The average molecular weight is 330 g/mol. The summed E-state index contributed by atoms with van der Waals surface area (Å²) in [5.74, 6) is -0.141. The molecule has 3 aliphatic rings. The van der Waals surface area contributed by atoms with E-state index >= 15 is 0 Å². The second kappa shape index (κ2) is 4.97. The van der Waals surface area contributed by atoms with Gasteiger partial charge in [0.15, 0.2) is 0 Å². The fourth-order valence-electron chi connectivity index (χ4n) is 2.58. The number of hydrogen-bond donors (Lipinski definition) is 1. The first kappa shape index (κ1) is 14.8. The minimum atomic E-state index is -4.81. The lowest BCUT2D eigenvalue weighted by Crippen LogP contribution is -2.45. The first-order valence-electron chi connectivity index (χ1n) is 6.42. The highest BCUT2D eigenvalue weighted by Crippen LogP contribution is 2.30. The van der Waals surface area contributed by atoms with Crippen molar-refractivity contribution in [1.29, 1.82) is 0 Å². The molecule has 1 atom stereocenters. The molecule has 3 aliphatic heterocycles. The highest BCUT2D eigenvalue weighted by Gasteiger charge is 2.46. The summed E-state index contributed by atoms with van der Waals surface area (Å²) in [6.45, 7) is 0.558. The highest BCUT2D eigenvalue weighted by atomic mass is 32.3. The van der Waals surface area contributed by atoms with E-state index in [0.717, 1.165) is 0 Å². The van der Waals surface area contributed by atoms with Crippen LogP contribution in [0.15, 0.2) is 24.2 Å². The van der Waals surface area contributed by atoms with Gasteiger partial charge in [-0.05, 0) is 6.08 Å². The van der Waals surface area contributed by atoms with Gasteiger partial charge < -0.3 is 14.7 Å². The molecule has 3 amide bonds. The molecule has 0 aliphatic carbocycles. The predicted octanol–water partition coefficient (Wildman–Crippen LogP) is -1.03. The molecule has 1 N–H and O–H groups in total. The second-order valence-electron chi connectivity index (χ2n) is 5.09. The molecular weight excluding hydrogens is 316 g/mol. The summed E-state index contributed by atoms with van der Waals surface area (Å²) in [5.41, 5.74) is 0.573. The zero-order chi connectivity index (χ0) is 16.1. The third-order valence-electron chi connectivity index (χ3n) is 3.67. The lowest BCUT2D eigenvalue weighted by atomic mass is 10.1. The standard InChI is InChI=1S/C11H14N4O6S/c1-12-4-5-13(7-10(12)16)8-2-3-14-6-9(8)15(11(14)17)21-22(18,19)20/h2,4-5,9H,3,6-7H2,1H3,(H,18,19,20). The van der Waals surface area contributed by atoms with Crippen molar-refractivity contribution < 1.29 is 26.8 Å². The van der Waals surface area contributed by atoms with Gasteiger partial charge in [0.1, 0.15) is 12.6 Å². The molecule has 1 unspecified atom stereocenters. The average Bonchev–Trinajstić information content (AvgIpc) is 2.66. The lowest BCUT2D eigenvalue weighted by Gasteiger charge is -2.34. The molecule has 1 fully saturated rings. The quantitative estimate of drug-likeness (QED) is 0.659. The number of fused-ring (bicyclic) bond motifs is 2. The number of hydroxylamine groups is 2. The maximum Gasteiger partial charge on any atom is 0.418 e. The topological polar surface area (TPSA) is 111 Å². The summed E-state index contributed by atoms with van der Waals surface area (Å²) in [4.78, 5) is 28.2. The lowest BCUT2D eigenvalue weighted by molar-refractivity contribution is -0.129. The number of rotatable bonds is 3. The number of nitrogens with zero attached hydrogens (tertiary/aromatic N) is 4. The molecule has 0 aromatic heterocycles. The fraction of sp³-hybridized carbons (Fsp3) is 0.455. The minimum absolute atomic E-state index is 0.0727. The molecule has 11 heteroatoms. The van der Waals surface area contributed by atoms with Crippen molar-refractivity contribution in [3.63, 3.8) is 0 Å². The maximum absolute atomic E-state index is 12.0. The van der Waals surface area contributed by atoms with E-state index in [2.05, 4.69) is 4.28 Å². The van der Waals surface area contributed by atoms with Crippen LogP contribution in [0.5, 0.6) is 0 Å². The SMILES string of the molecule is CN1C=CN(C2=CCN3CC2N(OS(=O)(=O)O)C3=O)CC1=O. The molecule has 10 nitrogen and oxygen atoms in total. The Labute approximate surface area is 126 Å². The van der Waals surface area contributed by atoms with Crippen LogP contribution in [0.3, 0.4) is 0 Å². The number of urea groups is 1. The van der Waals surface area contributed by atoms with E-state index < -0.39 is 22.5 Å². The summed E-state index contributed by atoms with van der Waals surface area (Å²) >= 11 is 0. The van der Waals surface area contributed by atoms with Gasteiger partial charge in [0.2, 0.25) is 5.91 Å². The van der Waals surface area contributed by atoms with E-state index in [-0.39, 0.29) is 25.5 Å². The number of carbonyl (C=O) groups is 2. The fourth-order valence-corrected chi connectivity index (χ4v) is 2.96. The van der Waals surface area contributed by atoms with Crippen molar-refractivity contribution in [2.75, 3.05) is 26.7 Å². The number of likely N-dealkylation sites (N-methyl/N-ethyl adjacent to an activating group) is 1. The first-order chi connectivity index (χ1) is 10.3. The van der Waals surface area contributed by atoms with Crippen molar-refractivity contribution >= 4 is 22.3 Å². The Bertz CT molecular complexity index is 687. The maximum atomic E-state index is 12.0. The second-order valence-corrected chi connectivity index (χ2v) is 6.10. The Kier molecular flexibility index (Phi) is 3.34. The van der Waals surface area contributed by atoms with Crippen LogP contribution < -0.4 is 0 Å². The summed E-state index contributed by atoms with van der Waals surface area (Å²) in [6, 6.07) is -1.37. The van der Waals surface area contributed by atoms with Gasteiger partial charge in [-0.2, -0.15) is 13.5 Å². The van der Waals surface area contributed by atoms with Gasteiger partial charge in [-0.15, -0.1) is 4.28 Å². The largest absolute Gasteiger partial charge is 0.418 e. The van der Waals surface area contributed by atoms with Gasteiger partial charge in [0, 0.05) is 31.7 Å². The Morgan fingerprint density at radius 3 is 2.68 bits per heavy atom. The van der Waals surface area contributed by atoms with Crippen LogP contribution in [0.25, 0.3) is 0 Å². The van der Waals surface area contributed by atoms with Crippen molar-refractivity contribution in [2.45, 2.75) is 6.04 Å². The molecule has 2 bridgehead atoms. The van der Waals surface area contributed by atoms with Crippen LogP contribution in [0.2, 0.25) is 0 Å². The van der Waals surface area contributed by atoms with E-state index in [1.54, 1.807) is 30.4 Å². The molecular formula is C11H14N4O6S. The number of carbonyl (C=O) groups excluding carboxylic acids is 2. The minimum Gasteiger partial charge on any atom is -0.339 e. The van der Waals surface area contributed by atoms with Gasteiger partial charge in [0.25, 0.3) is 0 Å². The van der Waals surface area contributed by atoms with Gasteiger partial charge in [0.05, 0.1) is 6.54 Å². The number of amides is 3. The summed E-state index contributed by atoms with van der Waals surface area (Å²) in [7, 11) is -3.19. The highest BCUT2D eigenvalue weighted by molar-refractivity contribution is 7.80. The molecule has 0 aromatic carbocycles. The molecule has 3 heterocycles. The van der Waals surface area contributed by atoms with E-state index in [1.807, 2.05) is 0 Å². The van der Waals surface area contributed by atoms with E-state index in [1.165, 1.54) is 9.80 Å². The van der Waals surface area contributed by atoms with Crippen LogP contribution in [0.4, 0.5) is 4.79 Å². The van der Waals surface area contributed by atoms with E-state index in [0.29, 0.717) is 10.8 Å². The summed E-state index contributed by atoms with van der Waals surface area (Å²) in [5, 5.41) is 0.616. The zero-order valence-corrected chi connectivity index (χ0v) is 12.4. The van der Waals surface area contributed by atoms with Crippen molar-refractivity contribution in [2.24, 2.45) is 0 Å². The molecule has 0 saturated carbocycles. The van der Waals surface area contributed by atoms with Gasteiger partial charge in [-0.1, -0.05) is 0 Å². The monoisotopic (exact) mass is 330 g/mol.